The molecule has 2 atom stereocenters. The first-order valence-corrected chi connectivity index (χ1v) is 13.7. The van der Waals surface area contributed by atoms with Crippen molar-refractivity contribution in [2.75, 3.05) is 6.61 Å². The Balaban J connectivity index is 1.78. The molecular formula is C16H26F2O6SSi. The zero-order valence-corrected chi connectivity index (χ0v) is 17.1. The van der Waals surface area contributed by atoms with Gasteiger partial charge in [-0.25, -0.2) is 0 Å². The van der Waals surface area contributed by atoms with Gasteiger partial charge >= 0.3 is 21.3 Å². The molecule has 1 N–H and O–H groups in total. The summed E-state index contributed by atoms with van der Waals surface area (Å²) in [5.74, 6) is -0.206. The van der Waals surface area contributed by atoms with E-state index in [1.165, 1.54) is 0 Å². The van der Waals surface area contributed by atoms with Crippen molar-refractivity contribution >= 4 is 24.4 Å². The van der Waals surface area contributed by atoms with E-state index in [4.69, 9.17) is 13.7 Å². The SMILES string of the molecule is C[Si](C)(C)OC12CC3CC(C1)CC(C(=O)OCC(F)(F)S(=O)(=O)O)(C3)C2. The van der Waals surface area contributed by atoms with Gasteiger partial charge in [-0.3, -0.25) is 9.35 Å². The van der Waals surface area contributed by atoms with Crippen LogP contribution in [0.3, 0.4) is 0 Å². The van der Waals surface area contributed by atoms with Crippen LogP contribution < -0.4 is 0 Å². The molecule has 26 heavy (non-hydrogen) atoms. The topological polar surface area (TPSA) is 89.9 Å². The van der Waals surface area contributed by atoms with Crippen LogP contribution in [0.2, 0.25) is 19.6 Å². The minimum Gasteiger partial charge on any atom is -0.458 e. The Morgan fingerprint density at radius 1 is 1.19 bits per heavy atom. The van der Waals surface area contributed by atoms with E-state index in [0.717, 1.165) is 19.3 Å². The third-order valence-corrected chi connectivity index (χ3v) is 7.63. The molecule has 2 unspecified atom stereocenters. The number of carbonyl (C=O) groups excluding carboxylic acids is 1. The molecule has 0 amide bonds. The number of rotatable bonds is 6. The second-order valence-electron chi connectivity index (χ2n) is 9.33. The van der Waals surface area contributed by atoms with Gasteiger partial charge < -0.3 is 9.16 Å². The van der Waals surface area contributed by atoms with Gasteiger partial charge in [0.2, 0.25) is 0 Å². The molecule has 4 fully saturated rings. The molecule has 0 heterocycles. The lowest BCUT2D eigenvalue weighted by Gasteiger charge is -2.61. The quantitative estimate of drug-likeness (QED) is 0.409. The van der Waals surface area contributed by atoms with E-state index in [1.807, 2.05) is 0 Å². The molecule has 4 bridgehead atoms. The van der Waals surface area contributed by atoms with Crippen molar-refractivity contribution in [3.63, 3.8) is 0 Å². The van der Waals surface area contributed by atoms with Gasteiger partial charge in [0.25, 0.3) is 0 Å². The van der Waals surface area contributed by atoms with Crippen LogP contribution in [0.5, 0.6) is 0 Å². The van der Waals surface area contributed by atoms with Gasteiger partial charge in [0.1, 0.15) is 0 Å². The fourth-order valence-electron chi connectivity index (χ4n) is 5.56. The first kappa shape index (κ1) is 20.2. The van der Waals surface area contributed by atoms with Crippen LogP contribution in [-0.4, -0.2) is 44.7 Å². The summed E-state index contributed by atoms with van der Waals surface area (Å²) in [4.78, 5) is 12.7. The lowest BCUT2D eigenvalue weighted by Crippen LogP contribution is -2.61. The molecule has 4 aliphatic carbocycles. The maximum absolute atomic E-state index is 13.4. The standard InChI is InChI=1S/C16H26F2O6SSi/c1-26(2,3)24-15-7-11-4-12(8-15)6-14(5-11,9-15)13(19)23-10-16(17,18)25(20,21)22/h11-12H,4-10H2,1-3H3,(H,20,21,22). The van der Waals surface area contributed by atoms with Gasteiger partial charge in [0, 0.05) is 0 Å². The predicted molar refractivity (Wildman–Crippen MR) is 91.7 cm³/mol. The number of halogens is 2. The summed E-state index contributed by atoms with van der Waals surface area (Å²) in [6, 6.07) is 0. The monoisotopic (exact) mass is 412 g/mol. The van der Waals surface area contributed by atoms with Crippen molar-refractivity contribution in [3.8, 4) is 0 Å². The van der Waals surface area contributed by atoms with Crippen molar-refractivity contribution in [1.82, 2.24) is 0 Å². The Morgan fingerprint density at radius 2 is 1.73 bits per heavy atom. The van der Waals surface area contributed by atoms with Crippen molar-refractivity contribution in [2.45, 2.75) is 69.0 Å². The highest BCUT2D eigenvalue weighted by Crippen LogP contribution is 2.63. The highest BCUT2D eigenvalue weighted by Gasteiger charge is 2.63. The molecule has 10 heteroatoms. The van der Waals surface area contributed by atoms with Crippen molar-refractivity contribution < 1.29 is 35.7 Å². The molecule has 0 aromatic carbocycles. The summed E-state index contributed by atoms with van der Waals surface area (Å²) < 4.78 is 68.1. The molecule has 4 aliphatic rings. The predicted octanol–water partition coefficient (Wildman–Crippen LogP) is 3.20. The van der Waals surface area contributed by atoms with E-state index in [-0.39, 0.29) is 0 Å². The van der Waals surface area contributed by atoms with Gasteiger partial charge in [0.05, 0.1) is 11.0 Å². The van der Waals surface area contributed by atoms with Crippen LogP contribution in [0, 0.1) is 17.3 Å². The van der Waals surface area contributed by atoms with Gasteiger partial charge in [-0.2, -0.15) is 17.2 Å². The third kappa shape index (κ3) is 3.70. The molecule has 0 radical (unpaired) electrons. The lowest BCUT2D eigenvalue weighted by molar-refractivity contribution is -0.195. The molecule has 4 saturated carbocycles. The van der Waals surface area contributed by atoms with E-state index in [9.17, 15) is 22.0 Å². The van der Waals surface area contributed by atoms with Crippen molar-refractivity contribution in [1.29, 1.82) is 0 Å². The van der Waals surface area contributed by atoms with Crippen LogP contribution in [0.15, 0.2) is 0 Å². The maximum Gasteiger partial charge on any atom is 0.402 e. The molecule has 0 aliphatic heterocycles. The molecule has 4 rings (SSSR count). The van der Waals surface area contributed by atoms with Gasteiger partial charge in [-0.15, -0.1) is 0 Å². The van der Waals surface area contributed by atoms with E-state index in [0.29, 0.717) is 31.1 Å². The summed E-state index contributed by atoms with van der Waals surface area (Å²) in [7, 11) is -7.49. The molecule has 0 spiro atoms. The highest BCUT2D eigenvalue weighted by molar-refractivity contribution is 7.86. The van der Waals surface area contributed by atoms with E-state index in [1.54, 1.807) is 0 Å². The maximum atomic E-state index is 13.4. The molecule has 0 aromatic rings. The van der Waals surface area contributed by atoms with Crippen LogP contribution in [0.4, 0.5) is 8.78 Å². The van der Waals surface area contributed by atoms with E-state index >= 15 is 0 Å². The number of hydrogen-bond acceptors (Lipinski definition) is 5. The minimum absolute atomic E-state index is 0.294. The molecule has 0 aromatic heterocycles. The normalized spacial score (nSPS) is 37.0. The summed E-state index contributed by atoms with van der Waals surface area (Å²) in [5, 5.41) is -4.50. The summed E-state index contributed by atoms with van der Waals surface area (Å²) in [5.41, 5.74) is -1.29. The Hall–Kier alpha value is -0.583. The number of alkyl halides is 2. The lowest BCUT2D eigenvalue weighted by atomic mass is 9.48. The zero-order valence-electron chi connectivity index (χ0n) is 15.3. The Labute approximate surface area is 153 Å². The molecule has 6 nitrogen and oxygen atoms in total. The zero-order chi connectivity index (χ0) is 19.6. The average Bonchev–Trinajstić information content (AvgIpc) is 2.39. The number of esters is 1. The molecule has 150 valence electrons. The van der Waals surface area contributed by atoms with Crippen LogP contribution in [0.25, 0.3) is 0 Å². The van der Waals surface area contributed by atoms with Crippen molar-refractivity contribution in [2.24, 2.45) is 17.3 Å². The van der Waals surface area contributed by atoms with Crippen LogP contribution in [-0.2, 0) is 24.1 Å². The van der Waals surface area contributed by atoms with E-state index in [2.05, 4.69) is 19.6 Å². The first-order chi connectivity index (χ1) is 11.7. The Morgan fingerprint density at radius 3 is 2.19 bits per heavy atom. The highest BCUT2D eigenvalue weighted by atomic mass is 32.2. The van der Waals surface area contributed by atoms with Crippen LogP contribution in [0.1, 0.15) is 38.5 Å². The fourth-order valence-corrected chi connectivity index (χ4v) is 7.31. The summed E-state index contributed by atoms with van der Waals surface area (Å²) in [6.07, 6.45) is 4.34. The van der Waals surface area contributed by atoms with Gasteiger partial charge in [-0.1, -0.05) is 0 Å². The van der Waals surface area contributed by atoms with Gasteiger partial charge in [0.15, 0.2) is 14.9 Å². The molecule has 0 saturated heterocycles. The van der Waals surface area contributed by atoms with Crippen LogP contribution >= 0.6 is 0 Å². The largest absolute Gasteiger partial charge is 0.458 e. The first-order valence-electron chi connectivity index (χ1n) is 8.88. The fraction of sp³-hybridized carbons (Fsp3) is 0.938. The average molecular weight is 413 g/mol. The summed E-state index contributed by atoms with van der Waals surface area (Å²) in [6.45, 7) is 4.60. The Kier molecular flexibility index (Phi) is 4.62. The number of ether oxygens (including phenoxy) is 1. The van der Waals surface area contributed by atoms with E-state index < -0.39 is 47.3 Å². The van der Waals surface area contributed by atoms with Crippen molar-refractivity contribution in [3.05, 3.63) is 0 Å². The smallest absolute Gasteiger partial charge is 0.402 e. The minimum atomic E-state index is -5.62. The number of carbonyl (C=O) groups is 1. The number of hydrogen-bond donors (Lipinski definition) is 1. The molecular weight excluding hydrogens is 386 g/mol. The van der Waals surface area contributed by atoms with Gasteiger partial charge in [-0.05, 0) is 70.0 Å². The second kappa shape index (κ2) is 5.96. The third-order valence-electron chi connectivity index (χ3n) is 5.71. The summed E-state index contributed by atoms with van der Waals surface area (Å²) >= 11 is 0. The Bertz CT molecular complexity index is 688. The second-order valence-corrected chi connectivity index (χ2v) is 15.3.